The maximum Gasteiger partial charge on any atom is 0.306 e. The SMILES string of the molecule is CCOC(=O)CCc1csc(-c2ccc(C)c(Br)c2)n1. The second-order valence-electron chi connectivity index (χ2n) is 4.41. The van der Waals surface area contributed by atoms with Crippen LogP contribution in [-0.2, 0) is 16.0 Å². The third-order valence-corrected chi connectivity index (χ3v) is 4.66. The van der Waals surface area contributed by atoms with E-state index in [1.165, 1.54) is 5.56 Å². The molecule has 0 N–H and O–H groups in total. The normalized spacial score (nSPS) is 10.6. The Bertz CT molecular complexity index is 610. The summed E-state index contributed by atoms with van der Waals surface area (Å²) in [6.07, 6.45) is 1.01. The number of halogens is 1. The van der Waals surface area contributed by atoms with Crippen LogP contribution in [0.4, 0.5) is 0 Å². The molecule has 0 bridgehead atoms. The first-order valence-corrected chi connectivity index (χ1v) is 8.14. The van der Waals surface area contributed by atoms with E-state index in [4.69, 9.17) is 4.74 Å². The molecular formula is C15H16BrNO2S. The number of aryl methyl sites for hydroxylation is 2. The molecule has 2 rings (SSSR count). The average molecular weight is 354 g/mol. The van der Waals surface area contributed by atoms with Gasteiger partial charge in [-0.1, -0.05) is 28.1 Å². The molecule has 3 nitrogen and oxygen atoms in total. The Balaban J connectivity index is 2.05. The van der Waals surface area contributed by atoms with Crippen LogP contribution in [0, 0.1) is 6.92 Å². The minimum Gasteiger partial charge on any atom is -0.466 e. The highest BCUT2D eigenvalue weighted by Gasteiger charge is 2.08. The van der Waals surface area contributed by atoms with E-state index >= 15 is 0 Å². The Morgan fingerprint density at radius 1 is 1.45 bits per heavy atom. The number of aromatic nitrogens is 1. The fourth-order valence-electron chi connectivity index (χ4n) is 1.74. The minimum absolute atomic E-state index is 0.167. The van der Waals surface area contributed by atoms with Crippen molar-refractivity contribution in [2.45, 2.75) is 26.7 Å². The number of carbonyl (C=O) groups is 1. The van der Waals surface area contributed by atoms with Gasteiger partial charge in [0, 0.05) is 21.8 Å². The molecule has 0 saturated heterocycles. The molecule has 0 amide bonds. The molecule has 1 aromatic heterocycles. The number of nitrogens with zero attached hydrogens (tertiary/aromatic N) is 1. The number of hydrogen-bond donors (Lipinski definition) is 0. The highest BCUT2D eigenvalue weighted by Crippen LogP contribution is 2.28. The molecule has 1 aromatic carbocycles. The first-order chi connectivity index (χ1) is 9.60. The van der Waals surface area contributed by atoms with Gasteiger partial charge in [-0.15, -0.1) is 11.3 Å². The van der Waals surface area contributed by atoms with E-state index in [0.717, 1.165) is 20.7 Å². The van der Waals surface area contributed by atoms with Gasteiger partial charge in [0.2, 0.25) is 0 Å². The van der Waals surface area contributed by atoms with Gasteiger partial charge in [0.1, 0.15) is 5.01 Å². The molecule has 0 aliphatic carbocycles. The maximum absolute atomic E-state index is 11.3. The van der Waals surface area contributed by atoms with Crippen molar-refractivity contribution in [3.8, 4) is 10.6 Å². The van der Waals surface area contributed by atoms with Gasteiger partial charge in [0.25, 0.3) is 0 Å². The highest BCUT2D eigenvalue weighted by atomic mass is 79.9. The summed E-state index contributed by atoms with van der Waals surface area (Å²) in [6, 6.07) is 6.20. The van der Waals surface area contributed by atoms with Crippen LogP contribution >= 0.6 is 27.3 Å². The Kier molecular flexibility index (Phi) is 5.31. The van der Waals surface area contributed by atoms with E-state index in [-0.39, 0.29) is 5.97 Å². The number of ether oxygens (including phenoxy) is 1. The number of esters is 1. The molecule has 1 heterocycles. The van der Waals surface area contributed by atoms with Gasteiger partial charge in [-0.3, -0.25) is 4.79 Å². The smallest absolute Gasteiger partial charge is 0.306 e. The summed E-state index contributed by atoms with van der Waals surface area (Å²) < 4.78 is 6.00. The molecule has 5 heteroatoms. The average Bonchev–Trinajstić information content (AvgIpc) is 2.89. The number of benzene rings is 1. The molecule has 0 saturated carbocycles. The zero-order chi connectivity index (χ0) is 14.5. The Hall–Kier alpha value is -1.20. The van der Waals surface area contributed by atoms with Crippen molar-refractivity contribution in [3.05, 3.63) is 39.3 Å². The van der Waals surface area contributed by atoms with Crippen LogP contribution in [0.5, 0.6) is 0 Å². The summed E-state index contributed by atoms with van der Waals surface area (Å²) >= 11 is 5.13. The fourth-order valence-corrected chi connectivity index (χ4v) is 2.97. The summed E-state index contributed by atoms with van der Waals surface area (Å²) in [4.78, 5) is 15.9. The lowest BCUT2D eigenvalue weighted by molar-refractivity contribution is -0.143. The lowest BCUT2D eigenvalue weighted by Gasteiger charge is -2.01. The molecule has 0 radical (unpaired) electrons. The second-order valence-corrected chi connectivity index (χ2v) is 6.13. The van der Waals surface area contributed by atoms with E-state index in [9.17, 15) is 4.79 Å². The lowest BCUT2D eigenvalue weighted by atomic mass is 10.1. The molecule has 0 atom stereocenters. The molecule has 0 unspecified atom stereocenters. The van der Waals surface area contributed by atoms with Crippen molar-refractivity contribution in [1.82, 2.24) is 4.98 Å². The molecule has 20 heavy (non-hydrogen) atoms. The minimum atomic E-state index is -0.167. The van der Waals surface area contributed by atoms with Crippen LogP contribution in [0.1, 0.15) is 24.6 Å². The predicted octanol–water partition coefficient (Wildman–Crippen LogP) is 4.38. The summed E-state index contributed by atoms with van der Waals surface area (Å²) in [7, 11) is 0. The van der Waals surface area contributed by atoms with Gasteiger partial charge in [0.15, 0.2) is 0 Å². The van der Waals surface area contributed by atoms with E-state index < -0.39 is 0 Å². The molecule has 2 aromatic rings. The third kappa shape index (κ3) is 3.90. The van der Waals surface area contributed by atoms with Crippen molar-refractivity contribution in [3.63, 3.8) is 0 Å². The first-order valence-electron chi connectivity index (χ1n) is 6.46. The van der Waals surface area contributed by atoms with Crippen molar-refractivity contribution in [2.24, 2.45) is 0 Å². The number of thiazole rings is 1. The molecule has 0 aliphatic heterocycles. The van der Waals surface area contributed by atoms with Crippen LogP contribution in [-0.4, -0.2) is 17.6 Å². The summed E-state index contributed by atoms with van der Waals surface area (Å²) in [6.45, 7) is 4.30. The van der Waals surface area contributed by atoms with E-state index in [2.05, 4.69) is 46.0 Å². The first kappa shape index (κ1) is 15.2. The largest absolute Gasteiger partial charge is 0.466 e. The van der Waals surface area contributed by atoms with Crippen LogP contribution in [0.15, 0.2) is 28.1 Å². The van der Waals surface area contributed by atoms with Crippen molar-refractivity contribution < 1.29 is 9.53 Å². The molecule has 0 aliphatic rings. The summed E-state index contributed by atoms with van der Waals surface area (Å²) in [5.74, 6) is -0.167. The van der Waals surface area contributed by atoms with Crippen molar-refractivity contribution in [1.29, 1.82) is 0 Å². The molecule has 0 spiro atoms. The van der Waals surface area contributed by atoms with Gasteiger partial charge >= 0.3 is 5.97 Å². The van der Waals surface area contributed by atoms with Gasteiger partial charge < -0.3 is 4.74 Å². The van der Waals surface area contributed by atoms with E-state index in [1.54, 1.807) is 11.3 Å². The van der Waals surface area contributed by atoms with Crippen molar-refractivity contribution >= 4 is 33.2 Å². The Morgan fingerprint density at radius 2 is 2.25 bits per heavy atom. The van der Waals surface area contributed by atoms with Crippen LogP contribution in [0.3, 0.4) is 0 Å². The second kappa shape index (κ2) is 6.99. The Morgan fingerprint density at radius 3 is 2.95 bits per heavy atom. The maximum atomic E-state index is 11.3. The molecule has 106 valence electrons. The number of carbonyl (C=O) groups excluding carboxylic acids is 1. The van der Waals surface area contributed by atoms with Gasteiger partial charge in [-0.25, -0.2) is 4.98 Å². The number of rotatable bonds is 5. The zero-order valence-electron chi connectivity index (χ0n) is 11.5. The Labute approximate surface area is 131 Å². The van der Waals surface area contributed by atoms with Gasteiger partial charge in [-0.05, 0) is 25.5 Å². The topological polar surface area (TPSA) is 39.2 Å². The van der Waals surface area contributed by atoms with Crippen LogP contribution in [0.25, 0.3) is 10.6 Å². The van der Waals surface area contributed by atoms with Crippen LogP contribution < -0.4 is 0 Å². The zero-order valence-corrected chi connectivity index (χ0v) is 13.9. The summed E-state index contributed by atoms with van der Waals surface area (Å²) in [5.41, 5.74) is 3.23. The monoisotopic (exact) mass is 353 g/mol. The van der Waals surface area contributed by atoms with Gasteiger partial charge in [-0.2, -0.15) is 0 Å². The highest BCUT2D eigenvalue weighted by molar-refractivity contribution is 9.10. The van der Waals surface area contributed by atoms with Crippen LogP contribution in [0.2, 0.25) is 0 Å². The fraction of sp³-hybridized carbons (Fsp3) is 0.333. The van der Waals surface area contributed by atoms with E-state index in [1.807, 2.05) is 12.3 Å². The number of hydrogen-bond acceptors (Lipinski definition) is 4. The van der Waals surface area contributed by atoms with Gasteiger partial charge in [0.05, 0.1) is 18.7 Å². The molecular weight excluding hydrogens is 338 g/mol. The standard InChI is InChI=1S/C15H16BrNO2S/c1-3-19-14(18)7-6-12-9-20-15(17-12)11-5-4-10(2)13(16)8-11/h4-5,8-9H,3,6-7H2,1-2H3. The summed E-state index contributed by atoms with van der Waals surface area (Å²) in [5, 5.41) is 2.98. The third-order valence-electron chi connectivity index (χ3n) is 2.86. The van der Waals surface area contributed by atoms with Crippen molar-refractivity contribution in [2.75, 3.05) is 6.61 Å². The quantitative estimate of drug-likeness (QED) is 0.748. The predicted molar refractivity (Wildman–Crippen MR) is 84.9 cm³/mol. The lowest BCUT2D eigenvalue weighted by Crippen LogP contribution is -2.05. The van der Waals surface area contributed by atoms with E-state index in [0.29, 0.717) is 19.4 Å². The molecule has 0 fully saturated rings.